The highest BCUT2D eigenvalue weighted by atomic mass is 32.1. The molecule has 254 valence electrons. The third kappa shape index (κ3) is 5.74. The van der Waals surface area contributed by atoms with E-state index in [1.807, 2.05) is 11.3 Å². The molecule has 1 aromatic heterocycles. The van der Waals surface area contributed by atoms with Gasteiger partial charge in [0.2, 0.25) is 0 Å². The van der Waals surface area contributed by atoms with Crippen LogP contribution < -0.4 is 4.90 Å². The molecule has 0 aliphatic heterocycles. The normalized spacial score (nSPS) is 11.3. The minimum absolute atomic E-state index is 1.11. The topological polar surface area (TPSA) is 3.24 Å². The van der Waals surface area contributed by atoms with Crippen molar-refractivity contribution in [2.24, 2.45) is 0 Å². The van der Waals surface area contributed by atoms with Crippen molar-refractivity contribution in [1.29, 1.82) is 0 Å². The van der Waals surface area contributed by atoms with Gasteiger partial charge in [0.25, 0.3) is 0 Å². The first kappa shape index (κ1) is 32.0. The molecule has 9 aromatic carbocycles. The first-order valence-electron chi connectivity index (χ1n) is 18.4. The fraction of sp³-hybridized carbons (Fsp3) is 0. The quantitative estimate of drug-likeness (QED) is 0.160. The van der Waals surface area contributed by atoms with Crippen molar-refractivity contribution in [2.75, 3.05) is 4.90 Å². The second-order valence-corrected chi connectivity index (χ2v) is 14.8. The molecular weight excluding hydrogens is 671 g/mol. The predicted molar refractivity (Wildman–Crippen MR) is 233 cm³/mol. The van der Waals surface area contributed by atoms with E-state index in [2.05, 4.69) is 217 Å². The summed E-state index contributed by atoms with van der Waals surface area (Å²) in [5, 5.41) is 5.06. The van der Waals surface area contributed by atoms with Crippen LogP contribution in [0.25, 0.3) is 75.5 Å². The molecule has 0 fully saturated rings. The molecule has 1 nitrogen and oxygen atoms in total. The van der Waals surface area contributed by atoms with E-state index >= 15 is 0 Å². The highest BCUT2D eigenvalue weighted by molar-refractivity contribution is 7.26. The lowest BCUT2D eigenvalue weighted by Crippen LogP contribution is -2.10. The molecule has 1 heterocycles. The summed E-state index contributed by atoms with van der Waals surface area (Å²) in [6.07, 6.45) is 0. The number of anilines is 3. The van der Waals surface area contributed by atoms with Gasteiger partial charge in [0.05, 0.1) is 5.69 Å². The molecule has 0 N–H and O–H groups in total. The van der Waals surface area contributed by atoms with Crippen LogP contribution in [0.1, 0.15) is 0 Å². The Kier molecular flexibility index (Phi) is 8.09. The number of hydrogen-bond donors (Lipinski definition) is 0. The third-order valence-electron chi connectivity index (χ3n) is 10.5. The summed E-state index contributed by atoms with van der Waals surface area (Å²) < 4.78 is 2.64. The van der Waals surface area contributed by atoms with Gasteiger partial charge >= 0.3 is 0 Å². The molecule has 0 unspecified atom stereocenters. The van der Waals surface area contributed by atoms with Crippen molar-refractivity contribution < 1.29 is 0 Å². The van der Waals surface area contributed by atoms with Gasteiger partial charge in [0.15, 0.2) is 0 Å². The monoisotopic (exact) mass is 705 g/mol. The summed E-state index contributed by atoms with van der Waals surface area (Å²) in [7, 11) is 0. The van der Waals surface area contributed by atoms with Gasteiger partial charge in [-0.05, 0) is 86.8 Å². The fourth-order valence-electron chi connectivity index (χ4n) is 7.84. The Morgan fingerprint density at radius 1 is 0.315 bits per heavy atom. The Hall–Kier alpha value is -6.74. The van der Waals surface area contributed by atoms with Crippen LogP contribution in [0.2, 0.25) is 0 Å². The molecule has 54 heavy (non-hydrogen) atoms. The fourth-order valence-corrected chi connectivity index (χ4v) is 9.07. The Morgan fingerprint density at radius 3 is 1.59 bits per heavy atom. The minimum atomic E-state index is 1.11. The Balaban J connectivity index is 1.09. The van der Waals surface area contributed by atoms with E-state index in [0.717, 1.165) is 17.1 Å². The predicted octanol–water partition coefficient (Wildman–Crippen LogP) is 15.3. The van der Waals surface area contributed by atoms with Crippen molar-refractivity contribution in [3.05, 3.63) is 212 Å². The summed E-state index contributed by atoms with van der Waals surface area (Å²) >= 11 is 1.88. The first-order chi connectivity index (χ1) is 26.8. The molecule has 0 saturated carbocycles. The van der Waals surface area contributed by atoms with Crippen molar-refractivity contribution in [3.8, 4) is 44.5 Å². The van der Waals surface area contributed by atoms with Gasteiger partial charge in [-0.2, -0.15) is 0 Å². The second kappa shape index (κ2) is 13.7. The lowest BCUT2D eigenvalue weighted by molar-refractivity contribution is 1.30. The first-order valence-corrected chi connectivity index (χ1v) is 19.2. The van der Waals surface area contributed by atoms with E-state index in [-0.39, 0.29) is 0 Å². The molecule has 0 aliphatic rings. The van der Waals surface area contributed by atoms with Crippen molar-refractivity contribution in [3.63, 3.8) is 0 Å². The van der Waals surface area contributed by atoms with Crippen molar-refractivity contribution in [1.82, 2.24) is 0 Å². The van der Waals surface area contributed by atoms with Crippen LogP contribution in [0, 0.1) is 0 Å². The molecule has 0 saturated heterocycles. The van der Waals surface area contributed by atoms with Gasteiger partial charge in [-0.3, -0.25) is 0 Å². The Morgan fingerprint density at radius 2 is 0.852 bits per heavy atom. The standard InChI is InChI=1S/C52H35NS/c1-3-13-36(14-4-1)37-25-30-42(31-26-37)53(50-23-11-18-40-17-7-8-19-45(40)50)43-32-27-38(28-33-43)41-29-34-44(39-15-5-2-6-16-39)49(35-41)48-22-12-21-47-46-20-9-10-24-51(46)54-52(47)48/h1-35H. The summed E-state index contributed by atoms with van der Waals surface area (Å²) in [5.74, 6) is 0. The number of thiophene rings is 1. The molecule has 0 bridgehead atoms. The van der Waals surface area contributed by atoms with Crippen LogP contribution in [0.15, 0.2) is 212 Å². The van der Waals surface area contributed by atoms with Crippen LogP contribution in [-0.2, 0) is 0 Å². The smallest absolute Gasteiger partial charge is 0.0540 e. The lowest BCUT2D eigenvalue weighted by atomic mass is 9.90. The maximum atomic E-state index is 2.39. The minimum Gasteiger partial charge on any atom is -0.310 e. The SMILES string of the molecule is c1ccc(-c2ccc(N(c3ccc(-c4ccc(-c5ccccc5)c(-c5cccc6c5sc5ccccc56)c4)cc3)c3cccc4ccccc34)cc2)cc1. The van der Waals surface area contributed by atoms with Crippen LogP contribution in [0.4, 0.5) is 17.1 Å². The highest BCUT2D eigenvalue weighted by Gasteiger charge is 2.18. The number of benzene rings is 9. The van der Waals surface area contributed by atoms with Gasteiger partial charge < -0.3 is 4.90 Å². The Bertz CT molecular complexity index is 2900. The number of rotatable bonds is 7. The highest BCUT2D eigenvalue weighted by Crippen LogP contribution is 2.45. The number of fused-ring (bicyclic) bond motifs is 4. The molecule has 0 atom stereocenters. The van der Waals surface area contributed by atoms with Gasteiger partial charge in [-0.25, -0.2) is 0 Å². The van der Waals surface area contributed by atoms with E-state index < -0.39 is 0 Å². The molecule has 2 heteroatoms. The zero-order valence-electron chi connectivity index (χ0n) is 29.6. The maximum Gasteiger partial charge on any atom is 0.0540 e. The van der Waals surface area contributed by atoms with E-state index in [1.165, 1.54) is 75.5 Å². The van der Waals surface area contributed by atoms with Gasteiger partial charge in [-0.15, -0.1) is 11.3 Å². The average molecular weight is 706 g/mol. The van der Waals surface area contributed by atoms with E-state index in [0.29, 0.717) is 0 Å². The van der Waals surface area contributed by atoms with Crippen LogP contribution in [-0.4, -0.2) is 0 Å². The summed E-state index contributed by atoms with van der Waals surface area (Å²) in [5.41, 5.74) is 13.1. The molecule has 10 aromatic rings. The largest absolute Gasteiger partial charge is 0.310 e. The van der Waals surface area contributed by atoms with Crippen LogP contribution in [0.3, 0.4) is 0 Å². The van der Waals surface area contributed by atoms with E-state index in [1.54, 1.807) is 0 Å². The van der Waals surface area contributed by atoms with Crippen LogP contribution >= 0.6 is 11.3 Å². The van der Waals surface area contributed by atoms with E-state index in [4.69, 9.17) is 0 Å². The molecule has 0 radical (unpaired) electrons. The van der Waals surface area contributed by atoms with Crippen molar-refractivity contribution >= 4 is 59.3 Å². The van der Waals surface area contributed by atoms with Gasteiger partial charge in [-0.1, -0.05) is 170 Å². The summed E-state index contributed by atoms with van der Waals surface area (Å²) in [6, 6.07) is 77.0. The zero-order valence-corrected chi connectivity index (χ0v) is 30.4. The maximum absolute atomic E-state index is 2.39. The summed E-state index contributed by atoms with van der Waals surface area (Å²) in [4.78, 5) is 2.38. The second-order valence-electron chi connectivity index (χ2n) is 13.7. The van der Waals surface area contributed by atoms with Gasteiger partial charge in [0.1, 0.15) is 0 Å². The zero-order chi connectivity index (χ0) is 35.8. The average Bonchev–Trinajstić information content (AvgIpc) is 3.64. The molecule has 0 amide bonds. The van der Waals surface area contributed by atoms with Gasteiger partial charge in [0, 0.05) is 42.5 Å². The summed E-state index contributed by atoms with van der Waals surface area (Å²) in [6.45, 7) is 0. The Labute approximate surface area is 319 Å². The molecule has 10 rings (SSSR count). The molecule has 0 aliphatic carbocycles. The van der Waals surface area contributed by atoms with E-state index in [9.17, 15) is 0 Å². The molecular formula is C52H35NS. The van der Waals surface area contributed by atoms with Crippen LogP contribution in [0.5, 0.6) is 0 Å². The third-order valence-corrected chi connectivity index (χ3v) is 11.7. The molecule has 0 spiro atoms. The number of nitrogens with zero attached hydrogens (tertiary/aromatic N) is 1. The van der Waals surface area contributed by atoms with Crippen molar-refractivity contribution in [2.45, 2.75) is 0 Å². The number of hydrogen-bond acceptors (Lipinski definition) is 2. The lowest BCUT2D eigenvalue weighted by Gasteiger charge is -2.27.